The first-order valence-corrected chi connectivity index (χ1v) is 9.03. The van der Waals surface area contributed by atoms with E-state index in [1.807, 2.05) is 26.0 Å². The quantitative estimate of drug-likeness (QED) is 0.573. The third-order valence-corrected chi connectivity index (χ3v) is 4.80. The van der Waals surface area contributed by atoms with Gasteiger partial charge in [0.25, 0.3) is 0 Å². The number of anilines is 1. The van der Waals surface area contributed by atoms with Crippen molar-refractivity contribution >= 4 is 45.9 Å². The molecule has 1 aromatic carbocycles. The van der Waals surface area contributed by atoms with Crippen LogP contribution >= 0.6 is 22.9 Å². The standard InChI is InChI=1S/C19H20ClNO3S/c1-11(2)24-19(23)17-12(3)13(4)25-18(17)21-16(22)9-8-14-6-5-7-15(20)10-14/h5-11H,1-4H3,(H,21,22)/b9-8+. The lowest BCUT2D eigenvalue weighted by atomic mass is 10.1. The summed E-state index contributed by atoms with van der Waals surface area (Å²) in [4.78, 5) is 25.5. The molecule has 1 aromatic heterocycles. The van der Waals surface area contributed by atoms with Gasteiger partial charge in [-0.1, -0.05) is 23.7 Å². The van der Waals surface area contributed by atoms with Gasteiger partial charge >= 0.3 is 5.97 Å². The average molecular weight is 378 g/mol. The predicted molar refractivity (Wildman–Crippen MR) is 103 cm³/mol. The lowest BCUT2D eigenvalue weighted by Crippen LogP contribution is -2.15. The number of esters is 1. The van der Waals surface area contributed by atoms with E-state index in [1.165, 1.54) is 17.4 Å². The third-order valence-electron chi connectivity index (χ3n) is 3.44. The van der Waals surface area contributed by atoms with Crippen molar-refractivity contribution < 1.29 is 14.3 Å². The predicted octanol–water partition coefficient (Wildman–Crippen LogP) is 5.24. The highest BCUT2D eigenvalue weighted by Crippen LogP contribution is 2.33. The van der Waals surface area contributed by atoms with Gasteiger partial charge < -0.3 is 10.1 Å². The van der Waals surface area contributed by atoms with Crippen molar-refractivity contribution in [1.82, 2.24) is 0 Å². The van der Waals surface area contributed by atoms with Crippen LogP contribution < -0.4 is 5.32 Å². The maximum atomic E-state index is 12.3. The Morgan fingerprint density at radius 1 is 1.28 bits per heavy atom. The van der Waals surface area contributed by atoms with Crippen molar-refractivity contribution in [3.05, 3.63) is 56.9 Å². The highest BCUT2D eigenvalue weighted by atomic mass is 35.5. The SMILES string of the molecule is Cc1sc(NC(=O)/C=C/c2cccc(Cl)c2)c(C(=O)OC(C)C)c1C. The number of thiophene rings is 1. The highest BCUT2D eigenvalue weighted by molar-refractivity contribution is 7.16. The topological polar surface area (TPSA) is 55.4 Å². The fourth-order valence-corrected chi connectivity index (χ4v) is 3.42. The first kappa shape index (κ1) is 19.2. The van der Waals surface area contributed by atoms with Gasteiger partial charge in [-0.25, -0.2) is 4.79 Å². The van der Waals surface area contributed by atoms with Crippen LogP contribution in [-0.4, -0.2) is 18.0 Å². The zero-order valence-corrected chi connectivity index (χ0v) is 16.1. The molecule has 2 rings (SSSR count). The Labute approximate surface area is 156 Å². The van der Waals surface area contributed by atoms with Crippen molar-refractivity contribution in [3.8, 4) is 0 Å². The number of rotatable bonds is 5. The molecular weight excluding hydrogens is 358 g/mol. The Balaban J connectivity index is 2.18. The minimum atomic E-state index is -0.425. The second-order valence-electron chi connectivity index (χ2n) is 5.82. The monoisotopic (exact) mass is 377 g/mol. The van der Waals surface area contributed by atoms with Gasteiger partial charge in [0.2, 0.25) is 5.91 Å². The summed E-state index contributed by atoms with van der Waals surface area (Å²) in [6.45, 7) is 7.33. The number of carbonyl (C=O) groups is 2. The number of benzene rings is 1. The van der Waals surface area contributed by atoms with Crippen LogP contribution in [0.15, 0.2) is 30.3 Å². The van der Waals surface area contributed by atoms with E-state index in [-0.39, 0.29) is 12.0 Å². The maximum absolute atomic E-state index is 12.3. The lowest BCUT2D eigenvalue weighted by Gasteiger charge is -2.09. The van der Waals surface area contributed by atoms with Gasteiger partial charge in [-0.05, 0) is 57.0 Å². The molecular formula is C19H20ClNO3S. The first-order chi connectivity index (χ1) is 11.8. The number of hydrogen-bond donors (Lipinski definition) is 1. The molecule has 0 unspecified atom stereocenters. The second kappa shape index (κ2) is 8.32. The molecule has 1 amide bonds. The van der Waals surface area contributed by atoms with E-state index in [4.69, 9.17) is 16.3 Å². The van der Waals surface area contributed by atoms with Crippen LogP contribution in [0.3, 0.4) is 0 Å². The summed E-state index contributed by atoms with van der Waals surface area (Å²) in [5.74, 6) is -0.745. The molecule has 4 nitrogen and oxygen atoms in total. The summed E-state index contributed by atoms with van der Waals surface area (Å²) in [6.07, 6.45) is 2.85. The largest absolute Gasteiger partial charge is 0.459 e. The lowest BCUT2D eigenvalue weighted by molar-refractivity contribution is -0.111. The third kappa shape index (κ3) is 5.18. The van der Waals surface area contributed by atoms with E-state index >= 15 is 0 Å². The van der Waals surface area contributed by atoms with Gasteiger partial charge in [0.05, 0.1) is 11.7 Å². The highest BCUT2D eigenvalue weighted by Gasteiger charge is 2.22. The van der Waals surface area contributed by atoms with E-state index in [9.17, 15) is 9.59 Å². The van der Waals surface area contributed by atoms with Crippen LogP contribution in [0.2, 0.25) is 5.02 Å². The molecule has 1 heterocycles. The molecule has 1 N–H and O–H groups in total. The number of ether oxygens (including phenoxy) is 1. The van der Waals surface area contributed by atoms with Crippen LogP contribution in [0.1, 0.15) is 40.2 Å². The molecule has 2 aromatic rings. The van der Waals surface area contributed by atoms with E-state index in [1.54, 1.807) is 32.1 Å². The molecule has 0 spiro atoms. The van der Waals surface area contributed by atoms with E-state index in [0.717, 1.165) is 16.0 Å². The molecule has 132 valence electrons. The summed E-state index contributed by atoms with van der Waals surface area (Å²) in [5, 5.41) is 3.87. The summed E-state index contributed by atoms with van der Waals surface area (Å²) < 4.78 is 5.28. The van der Waals surface area contributed by atoms with Gasteiger partial charge in [0, 0.05) is 16.0 Å². The fourth-order valence-electron chi connectivity index (χ4n) is 2.17. The Morgan fingerprint density at radius 2 is 2.00 bits per heavy atom. The molecule has 0 fully saturated rings. The van der Waals surface area contributed by atoms with E-state index in [0.29, 0.717) is 15.6 Å². The smallest absolute Gasteiger partial charge is 0.341 e. The van der Waals surface area contributed by atoms with Crippen molar-refractivity contribution in [3.63, 3.8) is 0 Å². The van der Waals surface area contributed by atoms with Crippen LogP contribution in [0.25, 0.3) is 6.08 Å². The van der Waals surface area contributed by atoms with Gasteiger partial charge in [0.15, 0.2) is 0 Å². The molecule has 0 atom stereocenters. The molecule has 0 radical (unpaired) electrons. The zero-order valence-electron chi connectivity index (χ0n) is 14.6. The van der Waals surface area contributed by atoms with Gasteiger partial charge in [0.1, 0.15) is 5.00 Å². The number of halogens is 1. The van der Waals surface area contributed by atoms with Gasteiger partial charge in [-0.2, -0.15) is 0 Å². The van der Waals surface area contributed by atoms with E-state index in [2.05, 4.69) is 5.32 Å². The normalized spacial score (nSPS) is 11.1. The Morgan fingerprint density at radius 3 is 2.64 bits per heavy atom. The molecule has 0 aliphatic rings. The minimum absolute atomic E-state index is 0.224. The van der Waals surface area contributed by atoms with Crippen LogP contribution in [0.4, 0.5) is 5.00 Å². The molecule has 25 heavy (non-hydrogen) atoms. The number of carbonyl (C=O) groups excluding carboxylic acids is 2. The maximum Gasteiger partial charge on any atom is 0.341 e. The Kier molecular flexibility index (Phi) is 6.39. The number of nitrogens with one attached hydrogen (secondary N) is 1. The Hall–Kier alpha value is -2.11. The number of hydrogen-bond acceptors (Lipinski definition) is 4. The van der Waals surface area contributed by atoms with Crippen LogP contribution in [0, 0.1) is 13.8 Å². The first-order valence-electron chi connectivity index (χ1n) is 7.83. The van der Waals surface area contributed by atoms with Crippen molar-refractivity contribution in [2.24, 2.45) is 0 Å². The van der Waals surface area contributed by atoms with Crippen LogP contribution in [-0.2, 0) is 9.53 Å². The molecule has 0 aliphatic carbocycles. The fraction of sp³-hybridized carbons (Fsp3) is 0.263. The Bertz CT molecular complexity index is 824. The summed E-state index contributed by atoms with van der Waals surface area (Å²) in [6, 6.07) is 7.19. The van der Waals surface area contributed by atoms with Crippen molar-refractivity contribution in [1.29, 1.82) is 0 Å². The van der Waals surface area contributed by atoms with E-state index < -0.39 is 5.97 Å². The molecule has 0 aliphatic heterocycles. The molecule has 0 bridgehead atoms. The summed E-state index contributed by atoms with van der Waals surface area (Å²) in [5.41, 5.74) is 2.06. The minimum Gasteiger partial charge on any atom is -0.459 e. The zero-order chi connectivity index (χ0) is 18.6. The molecule has 0 saturated heterocycles. The summed E-state index contributed by atoms with van der Waals surface area (Å²) in [7, 11) is 0. The second-order valence-corrected chi connectivity index (χ2v) is 7.48. The number of aryl methyl sites for hydroxylation is 1. The number of amides is 1. The van der Waals surface area contributed by atoms with Crippen molar-refractivity contribution in [2.75, 3.05) is 5.32 Å². The van der Waals surface area contributed by atoms with Crippen molar-refractivity contribution in [2.45, 2.75) is 33.8 Å². The molecule has 0 saturated carbocycles. The summed E-state index contributed by atoms with van der Waals surface area (Å²) >= 11 is 7.28. The van der Waals surface area contributed by atoms with Gasteiger partial charge in [-0.3, -0.25) is 4.79 Å². The van der Waals surface area contributed by atoms with Crippen LogP contribution in [0.5, 0.6) is 0 Å². The average Bonchev–Trinajstić information content (AvgIpc) is 2.79. The molecule has 6 heteroatoms. The van der Waals surface area contributed by atoms with Gasteiger partial charge in [-0.15, -0.1) is 11.3 Å².